The summed E-state index contributed by atoms with van der Waals surface area (Å²) in [7, 11) is 1.21. The molecule has 0 saturated heterocycles. The fraction of sp³-hybridized carbons (Fsp3) is 0.219. The number of hydrogen-bond donors (Lipinski definition) is 2. The molecular weight excluding hydrogens is 709 g/mol. The van der Waals surface area contributed by atoms with E-state index in [4.69, 9.17) is 16.3 Å². The molecule has 2 atom stereocenters. The van der Waals surface area contributed by atoms with E-state index in [0.29, 0.717) is 28.6 Å². The largest absolute Gasteiger partial charge is 0.466 e. The predicted molar refractivity (Wildman–Crippen MR) is 173 cm³/mol. The summed E-state index contributed by atoms with van der Waals surface area (Å²) in [5.74, 6) is -1.91. The van der Waals surface area contributed by atoms with Crippen LogP contribution >= 0.6 is 27.5 Å². The number of nitrogens with zero attached hydrogens (tertiary/aromatic N) is 2. The first kappa shape index (κ1) is 35.2. The maximum Gasteiger partial charge on any atom is 0.418 e. The maximum absolute atomic E-state index is 14.0. The minimum atomic E-state index is -4.83. The zero-order valence-electron chi connectivity index (χ0n) is 24.8. The lowest BCUT2D eigenvalue weighted by atomic mass is 10.0. The minimum absolute atomic E-state index is 0.187. The van der Waals surface area contributed by atoms with Crippen molar-refractivity contribution in [3.05, 3.63) is 105 Å². The quantitative estimate of drug-likeness (QED) is 0.201. The number of alkyl halides is 3. The van der Waals surface area contributed by atoms with Crippen LogP contribution < -0.4 is 15.5 Å². The van der Waals surface area contributed by atoms with E-state index in [9.17, 15) is 32.3 Å². The molecule has 0 spiro atoms. The lowest BCUT2D eigenvalue weighted by Gasteiger charge is -2.25. The lowest BCUT2D eigenvalue weighted by Crippen LogP contribution is -2.47. The number of benzodiazepines with no additional fused rings is 1. The number of ether oxygens (including phenoxy) is 2. The summed E-state index contributed by atoms with van der Waals surface area (Å²) >= 11 is 9.11. The number of benzene rings is 3. The van der Waals surface area contributed by atoms with Gasteiger partial charge in [-0.1, -0.05) is 63.9 Å². The number of hydrogen-bond acceptors (Lipinski definition) is 7. The first-order valence-corrected chi connectivity index (χ1v) is 15.0. The fourth-order valence-corrected chi connectivity index (χ4v) is 4.98. The predicted octanol–water partition coefficient (Wildman–Crippen LogP) is 6.16. The monoisotopic (exact) mass is 734 g/mol. The number of amides is 3. The third kappa shape index (κ3) is 9.20. The van der Waals surface area contributed by atoms with Gasteiger partial charge in [0.05, 0.1) is 29.8 Å². The number of carbonyl (C=O) groups is 4. The van der Waals surface area contributed by atoms with Gasteiger partial charge in [0.1, 0.15) is 13.2 Å². The van der Waals surface area contributed by atoms with E-state index < -0.39 is 66.5 Å². The van der Waals surface area contributed by atoms with Crippen LogP contribution in [0.25, 0.3) is 0 Å². The van der Waals surface area contributed by atoms with E-state index in [1.54, 1.807) is 55.5 Å². The Morgan fingerprint density at radius 3 is 2.49 bits per heavy atom. The highest BCUT2D eigenvalue weighted by molar-refractivity contribution is 9.10. The van der Waals surface area contributed by atoms with Crippen LogP contribution in [-0.4, -0.2) is 61.9 Å². The van der Waals surface area contributed by atoms with Gasteiger partial charge in [0.2, 0.25) is 5.91 Å². The Hall–Kier alpha value is -4.69. The first-order valence-electron chi connectivity index (χ1n) is 13.9. The Kier molecular flexibility index (Phi) is 11.4. The van der Waals surface area contributed by atoms with E-state index in [1.165, 1.54) is 24.2 Å². The first-order chi connectivity index (χ1) is 22.3. The molecule has 1 aliphatic heterocycles. The van der Waals surface area contributed by atoms with Gasteiger partial charge in [-0.05, 0) is 43.3 Å². The van der Waals surface area contributed by atoms with Crippen molar-refractivity contribution in [2.45, 2.75) is 25.2 Å². The van der Waals surface area contributed by atoms with E-state index in [-0.39, 0.29) is 5.02 Å². The third-order valence-electron chi connectivity index (χ3n) is 6.71. The molecule has 0 aromatic heterocycles. The van der Waals surface area contributed by atoms with Crippen LogP contribution in [0.1, 0.15) is 23.6 Å². The normalized spacial score (nSPS) is 15.3. The molecule has 246 valence electrons. The van der Waals surface area contributed by atoms with Crippen molar-refractivity contribution < 1.29 is 41.8 Å². The Morgan fingerprint density at radius 2 is 1.81 bits per heavy atom. The summed E-state index contributed by atoms with van der Waals surface area (Å²) < 4.78 is 51.2. The molecule has 0 bridgehead atoms. The molecule has 4 rings (SSSR count). The Balaban J connectivity index is 1.64. The van der Waals surface area contributed by atoms with E-state index in [2.05, 4.69) is 31.0 Å². The van der Waals surface area contributed by atoms with Crippen LogP contribution in [0.4, 0.5) is 29.3 Å². The zero-order valence-corrected chi connectivity index (χ0v) is 27.2. The summed E-state index contributed by atoms with van der Waals surface area (Å²) in [4.78, 5) is 57.1. The van der Waals surface area contributed by atoms with Gasteiger partial charge in [-0.15, -0.1) is 0 Å². The molecule has 0 unspecified atom stereocenters. The molecule has 2 N–H and O–H groups in total. The van der Waals surface area contributed by atoms with Crippen molar-refractivity contribution in [2.24, 2.45) is 4.99 Å². The molecule has 0 fully saturated rings. The molecular formula is C32H27BrClF3N4O6. The number of anilines is 2. The van der Waals surface area contributed by atoms with Crippen molar-refractivity contribution in [3.8, 4) is 0 Å². The summed E-state index contributed by atoms with van der Waals surface area (Å²) in [6.45, 7) is 0.465. The molecule has 47 heavy (non-hydrogen) atoms. The van der Waals surface area contributed by atoms with Crippen LogP contribution in [0.2, 0.25) is 5.02 Å². The number of rotatable bonds is 9. The summed E-state index contributed by atoms with van der Waals surface area (Å²) in [5, 5.41) is 4.54. The third-order valence-corrected chi connectivity index (χ3v) is 7.48. The topological polar surface area (TPSA) is 126 Å². The highest BCUT2D eigenvalue weighted by Crippen LogP contribution is 2.36. The highest BCUT2D eigenvalue weighted by Gasteiger charge is 2.36. The molecule has 1 aliphatic rings. The number of halogens is 5. The number of methoxy groups -OCH3 is 1. The Labute approximate surface area is 280 Å². The average molecular weight is 736 g/mol. The van der Waals surface area contributed by atoms with Crippen molar-refractivity contribution >= 4 is 68.5 Å². The Morgan fingerprint density at radius 1 is 1.11 bits per heavy atom. The molecule has 0 aliphatic carbocycles. The van der Waals surface area contributed by atoms with Crippen molar-refractivity contribution in [3.63, 3.8) is 0 Å². The number of nitrogens with one attached hydrogen (secondary N) is 2. The number of carbonyl (C=O) groups excluding carboxylic acids is 4. The van der Waals surface area contributed by atoms with Gasteiger partial charge in [0.25, 0.3) is 5.91 Å². The smallest absolute Gasteiger partial charge is 0.418 e. The summed E-state index contributed by atoms with van der Waals surface area (Å²) in [6.07, 6.45) is -3.54. The minimum Gasteiger partial charge on any atom is -0.466 e. The lowest BCUT2D eigenvalue weighted by molar-refractivity contribution is -0.137. The van der Waals surface area contributed by atoms with Gasteiger partial charge in [-0.25, -0.2) is 9.59 Å². The average Bonchev–Trinajstić information content (AvgIpc) is 3.14. The second kappa shape index (κ2) is 15.3. The highest BCUT2D eigenvalue weighted by atomic mass is 79.9. The van der Waals surface area contributed by atoms with Gasteiger partial charge in [0, 0.05) is 32.7 Å². The van der Waals surface area contributed by atoms with Crippen LogP contribution in [0.15, 0.2) is 88.3 Å². The van der Waals surface area contributed by atoms with Gasteiger partial charge >= 0.3 is 18.2 Å². The molecule has 3 amide bonds. The zero-order chi connectivity index (χ0) is 34.3. The second-order valence-electron chi connectivity index (χ2n) is 10.1. The van der Waals surface area contributed by atoms with Crippen LogP contribution in [0.5, 0.6) is 0 Å². The number of esters is 1. The van der Waals surface area contributed by atoms with Gasteiger partial charge in [0.15, 0.2) is 6.04 Å². The van der Waals surface area contributed by atoms with E-state index in [1.807, 2.05) is 5.32 Å². The van der Waals surface area contributed by atoms with Crippen molar-refractivity contribution in [1.29, 1.82) is 0 Å². The van der Waals surface area contributed by atoms with Gasteiger partial charge < -0.3 is 19.7 Å². The van der Waals surface area contributed by atoms with E-state index in [0.717, 1.165) is 16.6 Å². The van der Waals surface area contributed by atoms with E-state index >= 15 is 0 Å². The summed E-state index contributed by atoms with van der Waals surface area (Å²) in [5.41, 5.74) is 0.00895. The molecule has 3 aromatic rings. The molecule has 10 nitrogen and oxygen atoms in total. The van der Waals surface area contributed by atoms with Crippen LogP contribution in [0.3, 0.4) is 0 Å². The molecule has 15 heteroatoms. The van der Waals surface area contributed by atoms with Gasteiger partial charge in [-0.3, -0.25) is 19.9 Å². The number of aliphatic imine (C=N–C) groups is 1. The molecule has 3 aromatic carbocycles. The fourth-order valence-electron chi connectivity index (χ4n) is 4.54. The second-order valence-corrected chi connectivity index (χ2v) is 11.4. The summed E-state index contributed by atoms with van der Waals surface area (Å²) in [6, 6.07) is 14.6. The van der Waals surface area contributed by atoms with Crippen molar-refractivity contribution in [1.82, 2.24) is 5.32 Å². The number of fused-ring (bicyclic) bond motifs is 1. The number of para-hydroxylation sites is 1. The van der Waals surface area contributed by atoms with Gasteiger partial charge in [-0.2, -0.15) is 13.2 Å². The standard InChI is InChI=1S/C32H27BrClF3N4O6/c1-18(7-14-28(43)46-2)38-27(42)16-41-26-6-4-3-5-22(26)29(19-8-10-20(33)11-9-19)39-25(30(41)44)17-47-31(45)40-24-13-12-21(34)15-23(24)32(35,36)37/h3-15,18,25H,16-17H2,1-2H3,(H,38,42)(H,40,45)/b14-7+/t18-,25+/m0/s1. The van der Waals surface area contributed by atoms with Crippen LogP contribution in [-0.2, 0) is 30.0 Å². The molecule has 0 radical (unpaired) electrons. The molecule has 0 saturated carbocycles. The maximum atomic E-state index is 14.0. The Bertz CT molecular complexity index is 1730. The molecule has 1 heterocycles. The van der Waals surface area contributed by atoms with Crippen LogP contribution in [0, 0.1) is 0 Å². The van der Waals surface area contributed by atoms with Crippen molar-refractivity contribution in [2.75, 3.05) is 30.5 Å². The SMILES string of the molecule is COC(=O)/C=C/[C@H](C)NC(=O)CN1C(=O)[C@@H](COC(=O)Nc2ccc(Cl)cc2C(F)(F)F)N=C(c2ccc(Br)cc2)c2ccccc21.